The minimum absolute atomic E-state index is 0.0321. The predicted molar refractivity (Wildman–Crippen MR) is 231 cm³/mol. The molecular weight excluding hydrogens is 769 g/mol. The topological polar surface area (TPSA) is 190 Å². The lowest BCUT2D eigenvalue weighted by Crippen LogP contribution is -2.51. The number of carbonyl (C=O) groups is 3. The number of aromatic nitrogens is 4. The maximum Gasteiger partial charge on any atom is 0.270 e. The third kappa shape index (κ3) is 12.1. The molecule has 17 heteroatoms. The summed E-state index contributed by atoms with van der Waals surface area (Å²) in [5, 5.41) is 21.5. The first-order valence-corrected chi connectivity index (χ1v) is 27.2. The zero-order valence-electron chi connectivity index (χ0n) is 36.1. The molecule has 0 aliphatic heterocycles. The van der Waals surface area contributed by atoms with Crippen molar-refractivity contribution in [2.45, 2.75) is 130 Å². The van der Waals surface area contributed by atoms with E-state index in [9.17, 15) is 14.4 Å². The normalized spacial score (nSPS) is 15.8. The van der Waals surface area contributed by atoms with Crippen LogP contribution >= 0.6 is 0 Å². The highest BCUT2D eigenvalue weighted by Crippen LogP contribution is 2.51. The monoisotopic (exact) mass is 832 g/mol. The van der Waals surface area contributed by atoms with Crippen molar-refractivity contribution in [2.75, 3.05) is 25.0 Å². The summed E-state index contributed by atoms with van der Waals surface area (Å²) >= 11 is 0. The van der Waals surface area contributed by atoms with Gasteiger partial charge in [0.05, 0.1) is 18.3 Å². The van der Waals surface area contributed by atoms with E-state index in [0.29, 0.717) is 29.9 Å². The van der Waals surface area contributed by atoms with E-state index in [1.807, 2.05) is 35.9 Å². The number of ether oxygens (including phenoxy) is 1. The number of nitrogens with zero attached hydrogens (tertiary/aromatic N) is 7. The van der Waals surface area contributed by atoms with Crippen LogP contribution < -0.4 is 16.0 Å². The van der Waals surface area contributed by atoms with Crippen LogP contribution in [0.25, 0.3) is 21.6 Å². The maximum atomic E-state index is 14.3. The number of amides is 3. The van der Waals surface area contributed by atoms with Gasteiger partial charge in [0, 0.05) is 49.3 Å². The number of hydrogen-bond donors (Lipinski definition) is 3. The van der Waals surface area contributed by atoms with Crippen LogP contribution in [0.1, 0.15) is 68.3 Å². The van der Waals surface area contributed by atoms with Crippen molar-refractivity contribution in [3.8, 4) is 11.1 Å². The van der Waals surface area contributed by atoms with Crippen LogP contribution in [0.2, 0.25) is 43.8 Å². The molecule has 3 aromatic rings. The lowest BCUT2D eigenvalue weighted by molar-refractivity contribution is -0.120. The zero-order chi connectivity index (χ0) is 42.4. The van der Waals surface area contributed by atoms with Crippen LogP contribution in [0.4, 0.5) is 5.69 Å². The highest BCUT2D eigenvalue weighted by Gasteiger charge is 2.48. The smallest absolute Gasteiger partial charge is 0.270 e. The number of carbonyl (C=O) groups excluding carboxylic acids is 3. The highest BCUT2D eigenvalue weighted by molar-refractivity contribution is 6.76. The van der Waals surface area contributed by atoms with Crippen LogP contribution in [0.3, 0.4) is 0 Å². The molecule has 1 aromatic carbocycles. The highest BCUT2D eigenvalue weighted by atomic mass is 28.4. The van der Waals surface area contributed by atoms with E-state index in [1.165, 1.54) is 0 Å². The van der Waals surface area contributed by atoms with Gasteiger partial charge in [0.25, 0.3) is 5.91 Å². The Morgan fingerprint density at radius 3 is 2.24 bits per heavy atom. The van der Waals surface area contributed by atoms with Gasteiger partial charge in [-0.3, -0.25) is 19.1 Å². The van der Waals surface area contributed by atoms with E-state index >= 15 is 0 Å². The number of aryl methyl sites for hydroxylation is 1. The van der Waals surface area contributed by atoms with Crippen LogP contribution in [-0.2, 0) is 32.0 Å². The Labute approximate surface area is 345 Å². The first kappa shape index (κ1) is 44.8. The molecule has 2 aliphatic carbocycles. The van der Waals surface area contributed by atoms with Gasteiger partial charge in [0.1, 0.15) is 25.0 Å². The quantitative estimate of drug-likeness (QED) is 0.0323. The fraction of sp³-hybridized carbons (Fsp3) is 0.634. The third-order valence-corrected chi connectivity index (χ3v) is 18.0. The zero-order valence-corrected chi connectivity index (χ0v) is 38.1. The van der Waals surface area contributed by atoms with Gasteiger partial charge in [-0.2, -0.15) is 10.2 Å². The van der Waals surface area contributed by atoms with Crippen molar-refractivity contribution in [1.29, 1.82) is 0 Å². The van der Waals surface area contributed by atoms with E-state index in [4.69, 9.17) is 19.8 Å². The molecule has 2 aliphatic rings. The van der Waals surface area contributed by atoms with E-state index in [-0.39, 0.29) is 36.5 Å². The van der Waals surface area contributed by atoms with Crippen molar-refractivity contribution < 1.29 is 23.5 Å². The first-order chi connectivity index (χ1) is 27.3. The molecule has 2 fully saturated rings. The molecule has 0 spiro atoms. The van der Waals surface area contributed by atoms with E-state index < -0.39 is 40.4 Å². The Bertz CT molecular complexity index is 1940. The number of anilines is 1. The van der Waals surface area contributed by atoms with Gasteiger partial charge in [-0.15, -0.1) is 0 Å². The summed E-state index contributed by atoms with van der Waals surface area (Å²) in [6, 6.07) is 9.80. The molecule has 5 rings (SSSR count). The summed E-state index contributed by atoms with van der Waals surface area (Å²) in [7, 11) is -3.51. The Hall–Kier alpha value is -4.29. The fourth-order valence-corrected chi connectivity index (χ4v) is 9.23. The summed E-state index contributed by atoms with van der Waals surface area (Å²) in [5.41, 5.74) is 13.6. The average Bonchev–Trinajstić information content (AvgIpc) is 4.08. The minimum Gasteiger partial charge on any atom is -0.410 e. The van der Waals surface area contributed by atoms with Crippen molar-refractivity contribution >= 4 is 39.8 Å². The van der Waals surface area contributed by atoms with E-state index in [0.717, 1.165) is 60.8 Å². The molecule has 58 heavy (non-hydrogen) atoms. The second-order valence-corrected chi connectivity index (χ2v) is 29.1. The van der Waals surface area contributed by atoms with Gasteiger partial charge in [-0.1, -0.05) is 57.7 Å². The molecule has 316 valence electrons. The fourth-order valence-electron chi connectivity index (χ4n) is 7.13. The molecule has 1 unspecified atom stereocenters. The second kappa shape index (κ2) is 18.7. The maximum absolute atomic E-state index is 14.3. The first-order valence-electron chi connectivity index (χ1n) is 20.6. The number of benzene rings is 1. The van der Waals surface area contributed by atoms with Crippen LogP contribution in [0, 0.1) is 31.6 Å². The van der Waals surface area contributed by atoms with Crippen molar-refractivity contribution in [3.63, 3.8) is 0 Å². The van der Waals surface area contributed by atoms with Gasteiger partial charge >= 0.3 is 0 Å². The lowest BCUT2D eigenvalue weighted by Gasteiger charge is -2.39. The van der Waals surface area contributed by atoms with Gasteiger partial charge < -0.3 is 25.1 Å². The third-order valence-electron chi connectivity index (χ3n) is 11.7. The second-order valence-electron chi connectivity index (χ2n) is 18.8. The molecule has 2 saturated carbocycles. The van der Waals surface area contributed by atoms with Gasteiger partial charge in [0.15, 0.2) is 8.32 Å². The summed E-state index contributed by atoms with van der Waals surface area (Å²) in [5.74, 6) is -0.267. The molecule has 2 atom stereocenters. The Balaban J connectivity index is 1.30. The number of hydrogen-bond acceptors (Lipinski definition) is 8. The van der Waals surface area contributed by atoms with Crippen molar-refractivity contribution in [1.82, 2.24) is 30.2 Å². The lowest BCUT2D eigenvalue weighted by atomic mass is 9.88. The minimum atomic E-state index is -2.32. The molecule has 3 N–H and O–H groups in total. The molecule has 0 bridgehead atoms. The number of azide groups is 1. The van der Waals surface area contributed by atoms with Crippen molar-refractivity contribution in [3.05, 3.63) is 64.1 Å². The van der Waals surface area contributed by atoms with E-state index in [2.05, 4.69) is 91.5 Å². The van der Waals surface area contributed by atoms with Gasteiger partial charge in [0.2, 0.25) is 11.8 Å². The Kier molecular flexibility index (Phi) is 14.5. The van der Waals surface area contributed by atoms with Crippen LogP contribution in [0.5, 0.6) is 0 Å². The Morgan fingerprint density at radius 1 is 1.00 bits per heavy atom. The number of rotatable bonds is 21. The molecule has 3 amide bonds. The van der Waals surface area contributed by atoms with Crippen LogP contribution in [-0.4, -0.2) is 85.5 Å². The predicted octanol–water partition coefficient (Wildman–Crippen LogP) is 7.67. The molecule has 0 radical (unpaired) electrons. The summed E-state index contributed by atoms with van der Waals surface area (Å²) in [6.45, 7) is 22.8. The molecule has 2 heterocycles. The molecule has 2 aromatic heterocycles. The summed E-state index contributed by atoms with van der Waals surface area (Å²) in [6.07, 6.45) is 5.21. The number of nitrogens with one attached hydrogen (secondary N) is 3. The molecule has 0 saturated heterocycles. The van der Waals surface area contributed by atoms with Crippen LogP contribution in [0.15, 0.2) is 41.6 Å². The standard InChI is InChI=1S/C41H64N10O5Si2/c1-27-36(28(2)51(48-27)26-55-21-22-57(6,7)8)29-15-17-32(18-16-29)46-40(54)38(37(30-11-12-30)31-13-14-31)47-39(53)34-19-20-45-50(34)25-33(23-43-35(52)24-44-49-42)56-58(9,10)41(3,4)5/h15-20,30-31,33,37-38H,11-14,21-26H2,1-10H3,(H,43,52)(H,46,54)(H,47,53)/t33?,38-/m1/s1. The average molecular weight is 833 g/mol. The Morgan fingerprint density at radius 2 is 1.66 bits per heavy atom. The van der Waals surface area contributed by atoms with E-state index in [1.54, 1.807) is 16.9 Å². The SMILES string of the molecule is Cc1nn(COCC[Si](C)(C)C)c(C)c1-c1ccc(NC(=O)[C@H](NC(=O)c2ccnn2CC(CNC(=O)CN=[N+]=[N-])O[Si](C)(C)C(C)(C)C)C(C2CC2)C2CC2)cc1. The summed E-state index contributed by atoms with van der Waals surface area (Å²) < 4.78 is 16.2. The van der Waals surface area contributed by atoms with Gasteiger partial charge in [-0.25, -0.2) is 4.68 Å². The molecular formula is C41H64N10O5Si2. The molecule has 15 nitrogen and oxygen atoms in total. The van der Waals surface area contributed by atoms with Gasteiger partial charge in [-0.05, 0) is 111 Å². The van der Waals surface area contributed by atoms with Crippen molar-refractivity contribution in [2.24, 2.45) is 22.9 Å². The summed E-state index contributed by atoms with van der Waals surface area (Å²) in [4.78, 5) is 43.5. The largest absolute Gasteiger partial charge is 0.410 e.